The van der Waals surface area contributed by atoms with E-state index < -0.39 is 92.4 Å². The molecule has 14 heteroatoms. The smallest absolute Gasteiger partial charge is 0.331 e. The molecule has 3 aromatic rings. The Morgan fingerprint density at radius 1 is 1.12 bits per heavy atom. The molecule has 4 heterocycles. The molecule has 0 bridgehead atoms. The maximum atomic E-state index is 14.5. The summed E-state index contributed by atoms with van der Waals surface area (Å²) >= 11 is 0. The van der Waals surface area contributed by atoms with Crippen LogP contribution in [0.2, 0.25) is 0 Å². The van der Waals surface area contributed by atoms with Gasteiger partial charge in [0, 0.05) is 43.3 Å². The third-order valence-corrected chi connectivity index (χ3v) is 6.93. The summed E-state index contributed by atoms with van der Waals surface area (Å²) in [6.45, 7) is -3.77. The molecule has 9 nitrogen and oxygen atoms in total. The number of nitrogens with zero attached hydrogens (tertiary/aromatic N) is 4. The molecule has 40 heavy (non-hydrogen) atoms. The number of piperidine rings is 1. The molecule has 2 aliphatic heterocycles. The standard InChI is InChI=1S/C26H27F5N6O3/c27-18-4-1-3-17(21(18)28)15-6-7-19(23(38)36(13-15)14-26(29,30)31)33-24(39)35-11-8-16(9-12-35)37-20-5-2-10-32-22(20)34-25(37)40/h1-5,10,15-16,19H,6-9,11-14H2,(H,33,39)(H,32,34,40)/t15-,19-/m1/s1/i8D2,9D2. The number of hydrogen-bond donors (Lipinski definition) is 2. The van der Waals surface area contributed by atoms with Crippen LogP contribution in [0.3, 0.4) is 0 Å². The lowest BCUT2D eigenvalue weighted by molar-refractivity contribution is -0.162. The number of amides is 3. The van der Waals surface area contributed by atoms with Crippen molar-refractivity contribution < 1.29 is 37.0 Å². The van der Waals surface area contributed by atoms with Crippen molar-refractivity contribution in [1.82, 2.24) is 29.7 Å². The summed E-state index contributed by atoms with van der Waals surface area (Å²) in [5, 5.41) is 2.30. The van der Waals surface area contributed by atoms with Gasteiger partial charge in [0.2, 0.25) is 5.91 Å². The van der Waals surface area contributed by atoms with Crippen molar-refractivity contribution in [1.29, 1.82) is 0 Å². The highest BCUT2D eigenvalue weighted by molar-refractivity contribution is 5.87. The number of pyridine rings is 1. The van der Waals surface area contributed by atoms with E-state index in [4.69, 9.17) is 5.48 Å². The summed E-state index contributed by atoms with van der Waals surface area (Å²) in [6.07, 6.45) is -8.89. The molecule has 2 fully saturated rings. The van der Waals surface area contributed by atoms with Crippen LogP contribution in [-0.2, 0) is 4.79 Å². The Kier molecular flexibility index (Phi) is 6.21. The summed E-state index contributed by atoms with van der Waals surface area (Å²) < 4.78 is 104. The van der Waals surface area contributed by atoms with Crippen molar-refractivity contribution in [2.75, 3.05) is 26.2 Å². The number of aromatic amines is 1. The van der Waals surface area contributed by atoms with E-state index in [1.807, 2.05) is 0 Å². The fourth-order valence-electron chi connectivity index (χ4n) is 5.04. The van der Waals surface area contributed by atoms with E-state index in [0.717, 1.165) is 15.5 Å². The highest BCUT2D eigenvalue weighted by atomic mass is 19.4. The number of halogens is 5. The normalized spacial score (nSPS) is 25.1. The predicted molar refractivity (Wildman–Crippen MR) is 133 cm³/mol. The number of urea groups is 1. The number of imidazole rings is 1. The first-order valence-electron chi connectivity index (χ1n) is 14.4. The maximum Gasteiger partial charge on any atom is 0.406 e. The molecule has 2 N–H and O–H groups in total. The van der Waals surface area contributed by atoms with Crippen molar-refractivity contribution in [3.05, 3.63) is 64.2 Å². The van der Waals surface area contributed by atoms with Gasteiger partial charge in [-0.15, -0.1) is 0 Å². The first-order valence-corrected chi connectivity index (χ1v) is 12.4. The summed E-state index contributed by atoms with van der Waals surface area (Å²) in [5.74, 6) is -4.61. The minimum atomic E-state index is -4.84. The van der Waals surface area contributed by atoms with E-state index in [-0.39, 0.29) is 29.6 Å². The lowest BCUT2D eigenvalue weighted by Gasteiger charge is -2.34. The molecule has 0 aliphatic carbocycles. The van der Waals surface area contributed by atoms with Gasteiger partial charge < -0.3 is 15.1 Å². The number of hydrogen-bond acceptors (Lipinski definition) is 4. The van der Waals surface area contributed by atoms with E-state index in [1.165, 1.54) is 30.5 Å². The van der Waals surface area contributed by atoms with Crippen LogP contribution in [0.5, 0.6) is 0 Å². The second-order valence-corrected chi connectivity index (χ2v) is 9.59. The fourth-order valence-corrected chi connectivity index (χ4v) is 5.04. The maximum absolute atomic E-state index is 14.5. The minimum absolute atomic E-state index is 0.105. The summed E-state index contributed by atoms with van der Waals surface area (Å²) in [5.41, 5.74) is -0.780. The molecule has 2 atom stereocenters. The zero-order valence-electron chi connectivity index (χ0n) is 24.8. The largest absolute Gasteiger partial charge is 0.406 e. The predicted octanol–water partition coefficient (Wildman–Crippen LogP) is 3.69. The van der Waals surface area contributed by atoms with Crippen LogP contribution in [0.4, 0.5) is 26.7 Å². The molecule has 0 radical (unpaired) electrons. The van der Waals surface area contributed by atoms with Gasteiger partial charge in [-0.1, -0.05) is 12.1 Å². The van der Waals surface area contributed by atoms with Crippen molar-refractivity contribution in [2.24, 2.45) is 0 Å². The second kappa shape index (κ2) is 10.9. The van der Waals surface area contributed by atoms with Crippen LogP contribution in [0.25, 0.3) is 11.2 Å². The molecule has 0 spiro atoms. The highest BCUT2D eigenvalue weighted by Crippen LogP contribution is 2.32. The molecule has 2 aromatic heterocycles. The molecular formula is C26H27F5N6O3. The van der Waals surface area contributed by atoms with Crippen LogP contribution in [-0.4, -0.2) is 74.7 Å². The van der Waals surface area contributed by atoms with Crippen molar-refractivity contribution in [2.45, 2.75) is 49.8 Å². The third-order valence-electron chi connectivity index (χ3n) is 6.93. The lowest BCUT2D eigenvalue weighted by Crippen LogP contribution is -2.54. The van der Waals surface area contributed by atoms with Crippen LogP contribution >= 0.6 is 0 Å². The van der Waals surface area contributed by atoms with Gasteiger partial charge in [-0.3, -0.25) is 14.3 Å². The average molecular weight is 571 g/mol. The number of benzene rings is 1. The number of carbonyl (C=O) groups excluding carboxylic acids is 2. The minimum Gasteiger partial charge on any atom is -0.331 e. The Labute approximate surface area is 230 Å². The van der Waals surface area contributed by atoms with Crippen LogP contribution in [0, 0.1) is 11.6 Å². The number of H-pyrrole nitrogens is 1. The second-order valence-electron chi connectivity index (χ2n) is 9.59. The number of alkyl halides is 3. The van der Waals surface area contributed by atoms with Gasteiger partial charge in [-0.05, 0) is 49.4 Å². The van der Waals surface area contributed by atoms with E-state index >= 15 is 0 Å². The number of likely N-dealkylation sites (tertiary alicyclic amines) is 2. The molecule has 3 amide bonds. The topological polar surface area (TPSA) is 103 Å². The van der Waals surface area contributed by atoms with Gasteiger partial charge in [-0.25, -0.2) is 23.4 Å². The van der Waals surface area contributed by atoms with Gasteiger partial charge >= 0.3 is 17.9 Å². The number of aromatic nitrogens is 3. The first-order chi connectivity index (χ1) is 20.5. The third kappa shape index (κ3) is 5.65. The molecule has 214 valence electrons. The van der Waals surface area contributed by atoms with E-state index in [9.17, 15) is 36.3 Å². The van der Waals surface area contributed by atoms with Crippen molar-refractivity contribution >= 4 is 23.1 Å². The van der Waals surface area contributed by atoms with E-state index in [2.05, 4.69) is 15.3 Å². The molecule has 1 aromatic carbocycles. The quantitative estimate of drug-likeness (QED) is 0.467. The first kappa shape index (κ1) is 22.8. The van der Waals surface area contributed by atoms with Gasteiger partial charge in [0.05, 0.1) is 5.52 Å². The van der Waals surface area contributed by atoms with Crippen molar-refractivity contribution in [3.63, 3.8) is 0 Å². The van der Waals surface area contributed by atoms with Crippen molar-refractivity contribution in [3.8, 4) is 0 Å². The lowest BCUT2D eigenvalue weighted by atomic mass is 9.93. The SMILES string of the molecule is [2H]C1([2H])CN(C(=O)N[C@@H]2CC[C@@H](c3cccc(F)c3F)CN(CC(F)(F)F)C2=O)CC([2H])([2H])C1n1c(=O)[nH]c2ncccc21. The molecule has 5 rings (SSSR count). The molecular weight excluding hydrogens is 539 g/mol. The van der Waals surface area contributed by atoms with Gasteiger partial charge in [0.15, 0.2) is 17.3 Å². The Morgan fingerprint density at radius 3 is 2.60 bits per heavy atom. The molecule has 2 aliphatic rings. The zero-order valence-corrected chi connectivity index (χ0v) is 20.8. The highest BCUT2D eigenvalue weighted by Gasteiger charge is 2.40. The van der Waals surface area contributed by atoms with Crippen LogP contribution < -0.4 is 11.0 Å². The van der Waals surface area contributed by atoms with E-state index in [1.54, 1.807) is 0 Å². The zero-order chi connectivity index (χ0) is 32.2. The Morgan fingerprint density at radius 2 is 1.88 bits per heavy atom. The Bertz CT molecular complexity index is 1630. The number of carbonyl (C=O) groups is 2. The molecule has 0 unspecified atom stereocenters. The van der Waals surface area contributed by atoms with Gasteiger partial charge in [0.25, 0.3) is 0 Å². The average Bonchev–Trinajstić information content (AvgIpc) is 3.15. The summed E-state index contributed by atoms with van der Waals surface area (Å²) in [4.78, 5) is 46.9. The number of fused-ring (bicyclic) bond motifs is 1. The summed E-state index contributed by atoms with van der Waals surface area (Å²) in [6, 6.07) is 1.82. The number of nitrogens with one attached hydrogen (secondary N) is 2. The molecule has 2 saturated heterocycles. The Hall–Kier alpha value is -3.97. The van der Waals surface area contributed by atoms with Gasteiger partial charge in [-0.2, -0.15) is 13.2 Å². The Balaban J connectivity index is 1.38. The molecule has 0 saturated carbocycles. The van der Waals surface area contributed by atoms with Crippen LogP contribution in [0.15, 0.2) is 41.3 Å². The van der Waals surface area contributed by atoms with Gasteiger partial charge in [0.1, 0.15) is 12.6 Å². The number of rotatable bonds is 4. The van der Waals surface area contributed by atoms with Crippen LogP contribution in [0.1, 0.15) is 48.6 Å². The monoisotopic (exact) mass is 570 g/mol. The van der Waals surface area contributed by atoms with E-state index in [0.29, 0.717) is 4.90 Å². The summed E-state index contributed by atoms with van der Waals surface area (Å²) in [7, 11) is 0. The fraction of sp³-hybridized carbons (Fsp3) is 0.462.